The molecule has 0 spiro atoms. The van der Waals surface area contributed by atoms with Crippen LogP contribution in [0.15, 0.2) is 0 Å². The Labute approximate surface area is 70.3 Å². The van der Waals surface area contributed by atoms with E-state index in [4.69, 9.17) is 11.5 Å². The average molecular weight is 158 g/mol. The van der Waals surface area contributed by atoms with Gasteiger partial charge in [-0.05, 0) is 25.7 Å². The Kier molecular flexibility index (Phi) is 6.57. The minimum atomic E-state index is 0.388. The highest BCUT2D eigenvalue weighted by atomic mass is 14.6. The standard InChI is InChI=1S/C9H22N2/c1-3-8(10)6-5-7-9(11)4-2/h8-9H,3-7,10-11H2,1-2H3. The molecule has 0 aliphatic carbocycles. The van der Waals surface area contributed by atoms with E-state index in [-0.39, 0.29) is 0 Å². The molecule has 0 radical (unpaired) electrons. The molecule has 0 saturated carbocycles. The monoisotopic (exact) mass is 158 g/mol. The van der Waals surface area contributed by atoms with Crippen molar-refractivity contribution < 1.29 is 0 Å². The van der Waals surface area contributed by atoms with Crippen LogP contribution in [0.3, 0.4) is 0 Å². The molecule has 2 unspecified atom stereocenters. The van der Waals surface area contributed by atoms with Crippen molar-refractivity contribution in [3.8, 4) is 0 Å². The first-order valence-electron chi connectivity index (χ1n) is 4.71. The number of nitrogens with two attached hydrogens (primary N) is 2. The van der Waals surface area contributed by atoms with Crippen LogP contribution >= 0.6 is 0 Å². The second kappa shape index (κ2) is 6.62. The Balaban J connectivity index is 3.13. The van der Waals surface area contributed by atoms with Crippen molar-refractivity contribution in [2.45, 2.75) is 58.0 Å². The van der Waals surface area contributed by atoms with E-state index in [1.54, 1.807) is 0 Å². The maximum atomic E-state index is 5.76. The molecule has 11 heavy (non-hydrogen) atoms. The Morgan fingerprint density at radius 3 is 1.55 bits per heavy atom. The second-order valence-corrected chi connectivity index (χ2v) is 3.27. The van der Waals surface area contributed by atoms with Gasteiger partial charge in [0.2, 0.25) is 0 Å². The van der Waals surface area contributed by atoms with Crippen LogP contribution in [0.4, 0.5) is 0 Å². The van der Waals surface area contributed by atoms with E-state index >= 15 is 0 Å². The van der Waals surface area contributed by atoms with Crippen LogP contribution in [-0.4, -0.2) is 12.1 Å². The van der Waals surface area contributed by atoms with Crippen LogP contribution in [0, 0.1) is 0 Å². The smallest absolute Gasteiger partial charge is 0.00362 e. The summed E-state index contributed by atoms with van der Waals surface area (Å²) < 4.78 is 0. The lowest BCUT2D eigenvalue weighted by Gasteiger charge is -2.11. The van der Waals surface area contributed by atoms with E-state index in [1.807, 2.05) is 0 Å². The van der Waals surface area contributed by atoms with Gasteiger partial charge in [-0.2, -0.15) is 0 Å². The molecule has 0 aromatic carbocycles. The molecule has 0 aliphatic rings. The summed E-state index contributed by atoms with van der Waals surface area (Å²) in [5, 5.41) is 0. The van der Waals surface area contributed by atoms with E-state index in [0.29, 0.717) is 12.1 Å². The van der Waals surface area contributed by atoms with Crippen LogP contribution < -0.4 is 11.5 Å². The lowest BCUT2D eigenvalue weighted by atomic mass is 10.0. The molecule has 0 aliphatic heterocycles. The molecule has 68 valence electrons. The molecule has 0 heterocycles. The van der Waals surface area contributed by atoms with Crippen LogP contribution in [0.25, 0.3) is 0 Å². The zero-order valence-electron chi connectivity index (χ0n) is 7.84. The molecule has 0 rings (SSSR count). The molecule has 0 fully saturated rings. The first-order valence-corrected chi connectivity index (χ1v) is 4.71. The largest absolute Gasteiger partial charge is 0.328 e. The van der Waals surface area contributed by atoms with Gasteiger partial charge in [0.1, 0.15) is 0 Å². The molecule has 0 aromatic heterocycles. The number of hydrogen-bond acceptors (Lipinski definition) is 2. The summed E-state index contributed by atoms with van der Waals surface area (Å²) in [6, 6.07) is 0.776. The van der Waals surface area contributed by atoms with E-state index in [9.17, 15) is 0 Å². The van der Waals surface area contributed by atoms with Gasteiger partial charge in [0.15, 0.2) is 0 Å². The molecular weight excluding hydrogens is 136 g/mol. The van der Waals surface area contributed by atoms with Crippen molar-refractivity contribution >= 4 is 0 Å². The van der Waals surface area contributed by atoms with Gasteiger partial charge in [0.25, 0.3) is 0 Å². The van der Waals surface area contributed by atoms with Gasteiger partial charge in [-0.25, -0.2) is 0 Å². The molecule has 2 nitrogen and oxygen atoms in total. The molecule has 0 amide bonds. The molecule has 0 aromatic rings. The zero-order valence-corrected chi connectivity index (χ0v) is 7.84. The predicted molar refractivity (Wildman–Crippen MR) is 50.4 cm³/mol. The van der Waals surface area contributed by atoms with Crippen molar-refractivity contribution in [3.05, 3.63) is 0 Å². The van der Waals surface area contributed by atoms with Crippen molar-refractivity contribution in [2.24, 2.45) is 11.5 Å². The fourth-order valence-corrected chi connectivity index (χ4v) is 1.05. The van der Waals surface area contributed by atoms with Gasteiger partial charge in [0.05, 0.1) is 0 Å². The summed E-state index contributed by atoms with van der Waals surface area (Å²) in [4.78, 5) is 0. The van der Waals surface area contributed by atoms with Crippen LogP contribution in [0.5, 0.6) is 0 Å². The molecular formula is C9H22N2. The van der Waals surface area contributed by atoms with Crippen molar-refractivity contribution in [1.82, 2.24) is 0 Å². The number of hydrogen-bond donors (Lipinski definition) is 2. The van der Waals surface area contributed by atoms with E-state index in [0.717, 1.165) is 25.7 Å². The lowest BCUT2D eigenvalue weighted by molar-refractivity contribution is 0.502. The van der Waals surface area contributed by atoms with E-state index < -0.39 is 0 Å². The number of rotatable bonds is 6. The molecule has 0 bridgehead atoms. The second-order valence-electron chi connectivity index (χ2n) is 3.27. The Hall–Kier alpha value is -0.0800. The van der Waals surface area contributed by atoms with Crippen LogP contribution in [0.2, 0.25) is 0 Å². The van der Waals surface area contributed by atoms with Crippen molar-refractivity contribution in [3.63, 3.8) is 0 Å². The van der Waals surface area contributed by atoms with E-state index in [2.05, 4.69) is 13.8 Å². The van der Waals surface area contributed by atoms with Crippen molar-refractivity contribution in [2.75, 3.05) is 0 Å². The molecule has 2 atom stereocenters. The Bertz CT molecular complexity index is 73.6. The maximum Gasteiger partial charge on any atom is 0.00362 e. The third kappa shape index (κ3) is 6.32. The minimum absolute atomic E-state index is 0.388. The topological polar surface area (TPSA) is 52.0 Å². The summed E-state index contributed by atoms with van der Waals surface area (Å²) in [6.07, 6.45) is 5.61. The molecule has 0 saturated heterocycles. The van der Waals surface area contributed by atoms with Gasteiger partial charge in [0, 0.05) is 12.1 Å². The summed E-state index contributed by atoms with van der Waals surface area (Å²) >= 11 is 0. The third-order valence-electron chi connectivity index (χ3n) is 2.20. The Morgan fingerprint density at radius 2 is 1.27 bits per heavy atom. The molecule has 4 N–H and O–H groups in total. The van der Waals surface area contributed by atoms with E-state index in [1.165, 1.54) is 6.42 Å². The van der Waals surface area contributed by atoms with Gasteiger partial charge in [-0.15, -0.1) is 0 Å². The minimum Gasteiger partial charge on any atom is -0.328 e. The lowest BCUT2D eigenvalue weighted by Crippen LogP contribution is -2.22. The summed E-state index contributed by atoms with van der Waals surface area (Å²) in [6.45, 7) is 4.26. The van der Waals surface area contributed by atoms with Crippen molar-refractivity contribution in [1.29, 1.82) is 0 Å². The fraction of sp³-hybridized carbons (Fsp3) is 1.00. The van der Waals surface area contributed by atoms with Crippen LogP contribution in [0.1, 0.15) is 46.0 Å². The quantitative estimate of drug-likeness (QED) is 0.617. The fourth-order valence-electron chi connectivity index (χ4n) is 1.05. The highest BCUT2D eigenvalue weighted by Crippen LogP contribution is 2.05. The van der Waals surface area contributed by atoms with Gasteiger partial charge < -0.3 is 11.5 Å². The van der Waals surface area contributed by atoms with Crippen LogP contribution in [-0.2, 0) is 0 Å². The predicted octanol–water partition coefficient (Wildman–Crippen LogP) is 1.63. The Morgan fingerprint density at radius 1 is 0.909 bits per heavy atom. The summed E-state index contributed by atoms with van der Waals surface area (Å²) in [5.41, 5.74) is 11.5. The van der Waals surface area contributed by atoms with Gasteiger partial charge in [-0.1, -0.05) is 20.3 Å². The summed E-state index contributed by atoms with van der Waals surface area (Å²) in [5.74, 6) is 0. The maximum absolute atomic E-state index is 5.76. The van der Waals surface area contributed by atoms with Gasteiger partial charge >= 0.3 is 0 Å². The highest BCUT2D eigenvalue weighted by molar-refractivity contribution is 4.63. The first kappa shape index (κ1) is 10.9. The highest BCUT2D eigenvalue weighted by Gasteiger charge is 2.01. The van der Waals surface area contributed by atoms with Gasteiger partial charge in [-0.3, -0.25) is 0 Å². The normalized spacial score (nSPS) is 16.4. The third-order valence-corrected chi connectivity index (χ3v) is 2.20. The average Bonchev–Trinajstić information content (AvgIpc) is 2.04. The first-order chi connectivity index (χ1) is 5.20. The summed E-state index contributed by atoms with van der Waals surface area (Å²) in [7, 11) is 0. The molecule has 2 heteroatoms. The SMILES string of the molecule is CCC(N)CCCC(N)CC. The zero-order chi connectivity index (χ0) is 8.69.